The van der Waals surface area contributed by atoms with Gasteiger partial charge in [0.25, 0.3) is 5.91 Å². The summed E-state index contributed by atoms with van der Waals surface area (Å²) in [5.74, 6) is -1.50. The first-order chi connectivity index (χ1) is 12.4. The summed E-state index contributed by atoms with van der Waals surface area (Å²) in [6, 6.07) is 6.12. The highest BCUT2D eigenvalue weighted by molar-refractivity contribution is 6.32. The van der Waals surface area contributed by atoms with E-state index in [1.165, 1.54) is 18.4 Å². The summed E-state index contributed by atoms with van der Waals surface area (Å²) in [5.41, 5.74) is 6.70. The second-order valence-corrected chi connectivity index (χ2v) is 6.14. The van der Waals surface area contributed by atoms with Crippen LogP contribution in [0.1, 0.15) is 34.5 Å². The normalized spacial score (nSPS) is 11.9. The average molecular weight is 374 g/mol. The number of nitriles is 1. The number of hydrogen-bond donors (Lipinski definition) is 1. The van der Waals surface area contributed by atoms with Crippen LogP contribution in [0.2, 0.25) is 5.02 Å². The van der Waals surface area contributed by atoms with E-state index < -0.39 is 11.7 Å². The molecule has 132 valence electrons. The van der Waals surface area contributed by atoms with E-state index in [0.717, 1.165) is 0 Å². The molecule has 26 heavy (non-hydrogen) atoms. The quantitative estimate of drug-likeness (QED) is 0.738. The number of aromatic nitrogens is 3. The molecule has 3 rings (SSSR count). The summed E-state index contributed by atoms with van der Waals surface area (Å²) in [5, 5.41) is 16.9. The van der Waals surface area contributed by atoms with Crippen LogP contribution < -0.4 is 5.73 Å². The molecule has 0 saturated carbocycles. The Balaban J connectivity index is 1.83. The highest BCUT2D eigenvalue weighted by atomic mass is 35.5. The summed E-state index contributed by atoms with van der Waals surface area (Å²) in [6.07, 6.45) is 3.10. The Hall–Kier alpha value is -3.18. The van der Waals surface area contributed by atoms with E-state index in [1.54, 1.807) is 23.0 Å². The van der Waals surface area contributed by atoms with Crippen LogP contribution in [0, 0.1) is 17.1 Å². The van der Waals surface area contributed by atoms with Crippen LogP contribution in [-0.4, -0.2) is 20.8 Å². The number of primary amides is 1. The molecule has 0 bridgehead atoms. The average Bonchev–Trinajstić information content (AvgIpc) is 3.23. The van der Waals surface area contributed by atoms with Crippen molar-refractivity contribution in [2.24, 2.45) is 5.73 Å². The van der Waals surface area contributed by atoms with Gasteiger partial charge in [0.2, 0.25) is 0 Å². The van der Waals surface area contributed by atoms with Gasteiger partial charge in [-0.05, 0) is 18.2 Å². The molecule has 0 aliphatic carbocycles. The topological polar surface area (TPSA) is 111 Å². The number of rotatable bonds is 5. The molecule has 7 nitrogen and oxygen atoms in total. The monoisotopic (exact) mass is 373 g/mol. The number of nitrogens with zero attached hydrogens (tertiary/aromatic N) is 4. The number of hydrogen-bond acceptors (Lipinski definition) is 5. The summed E-state index contributed by atoms with van der Waals surface area (Å²) in [4.78, 5) is 11.4. The number of halogens is 2. The maximum absolute atomic E-state index is 13.9. The van der Waals surface area contributed by atoms with E-state index in [4.69, 9.17) is 27.1 Å². The molecule has 2 heterocycles. The minimum atomic E-state index is -0.700. The number of nitrogens with two attached hydrogens (primary N) is 1. The molecule has 2 aromatic heterocycles. The molecule has 1 unspecified atom stereocenters. The van der Waals surface area contributed by atoms with Gasteiger partial charge in [-0.2, -0.15) is 10.4 Å². The van der Waals surface area contributed by atoms with Crippen molar-refractivity contribution in [2.45, 2.75) is 19.4 Å². The Morgan fingerprint density at radius 3 is 2.96 bits per heavy atom. The lowest BCUT2D eigenvalue weighted by molar-refractivity contribution is 0.0990. The number of amides is 1. The van der Waals surface area contributed by atoms with Gasteiger partial charge in [-0.25, -0.2) is 4.39 Å². The summed E-state index contributed by atoms with van der Waals surface area (Å²) in [6.45, 7) is 2.30. The predicted octanol–water partition coefficient (Wildman–Crippen LogP) is 3.10. The third kappa shape index (κ3) is 3.30. The molecule has 2 N–H and O–H groups in total. The van der Waals surface area contributed by atoms with Gasteiger partial charge in [0.1, 0.15) is 23.7 Å². The van der Waals surface area contributed by atoms with Gasteiger partial charge in [-0.1, -0.05) is 23.7 Å². The highest BCUT2D eigenvalue weighted by Gasteiger charge is 2.20. The predicted molar refractivity (Wildman–Crippen MR) is 90.8 cm³/mol. The van der Waals surface area contributed by atoms with Crippen molar-refractivity contribution in [3.8, 4) is 17.3 Å². The summed E-state index contributed by atoms with van der Waals surface area (Å²) >= 11 is 5.93. The molecule has 0 spiro atoms. The Labute approximate surface area is 152 Å². The first kappa shape index (κ1) is 17.6. The number of carbonyl (C=O) groups is 1. The van der Waals surface area contributed by atoms with Gasteiger partial charge in [-0.15, -0.1) is 0 Å². The molecule has 0 radical (unpaired) electrons. The van der Waals surface area contributed by atoms with Gasteiger partial charge < -0.3 is 10.3 Å². The molecule has 9 heteroatoms. The second kappa shape index (κ2) is 6.98. The molecule has 1 atom stereocenters. The molecule has 0 aliphatic rings. The molecule has 0 aliphatic heterocycles. The fraction of sp³-hybridized carbons (Fsp3) is 0.176. The van der Waals surface area contributed by atoms with Crippen molar-refractivity contribution in [1.82, 2.24) is 14.9 Å². The standard InChI is InChI=1S/C17H13ClFN5O2/c1-9(12-8-26-23-16(12)17(21)25)7-24-3-2-15(22-24)10-4-13(18)11(6-20)14(19)5-10/h2-5,8-9H,7H2,1H3,(H2,21,25). The zero-order valence-corrected chi connectivity index (χ0v) is 14.4. The van der Waals surface area contributed by atoms with Crippen molar-refractivity contribution in [1.29, 1.82) is 5.26 Å². The van der Waals surface area contributed by atoms with Crippen molar-refractivity contribution >= 4 is 17.5 Å². The van der Waals surface area contributed by atoms with E-state index in [0.29, 0.717) is 23.4 Å². The highest BCUT2D eigenvalue weighted by Crippen LogP contribution is 2.27. The van der Waals surface area contributed by atoms with Gasteiger partial charge in [-0.3, -0.25) is 9.48 Å². The minimum absolute atomic E-state index is 0.0287. The molecule has 3 aromatic rings. The Kier molecular flexibility index (Phi) is 4.73. The van der Waals surface area contributed by atoms with E-state index in [2.05, 4.69) is 10.3 Å². The first-order valence-corrected chi connectivity index (χ1v) is 7.95. The van der Waals surface area contributed by atoms with Crippen LogP contribution in [0.5, 0.6) is 0 Å². The third-order valence-electron chi connectivity index (χ3n) is 3.91. The lowest BCUT2D eigenvalue weighted by Gasteiger charge is -2.10. The second-order valence-electron chi connectivity index (χ2n) is 5.73. The SMILES string of the molecule is CC(Cn1ccc(-c2cc(F)c(C#N)c(Cl)c2)n1)c1conc1C(N)=O. The summed E-state index contributed by atoms with van der Waals surface area (Å²) < 4.78 is 20.4. The maximum Gasteiger partial charge on any atom is 0.271 e. The molecule has 0 fully saturated rings. The number of benzene rings is 1. The van der Waals surface area contributed by atoms with E-state index >= 15 is 0 Å². The van der Waals surface area contributed by atoms with E-state index in [1.807, 2.05) is 6.92 Å². The van der Waals surface area contributed by atoms with Crippen molar-refractivity contribution < 1.29 is 13.7 Å². The minimum Gasteiger partial charge on any atom is -0.364 e. The number of carbonyl (C=O) groups excluding carboxylic acids is 1. The molecular weight excluding hydrogens is 361 g/mol. The lowest BCUT2D eigenvalue weighted by Crippen LogP contribution is -2.16. The zero-order valence-electron chi connectivity index (χ0n) is 13.6. The maximum atomic E-state index is 13.9. The van der Waals surface area contributed by atoms with Gasteiger partial charge >= 0.3 is 0 Å². The van der Waals surface area contributed by atoms with Crippen LogP contribution in [-0.2, 0) is 6.54 Å². The fourth-order valence-electron chi connectivity index (χ4n) is 2.61. The van der Waals surface area contributed by atoms with Crippen LogP contribution >= 0.6 is 11.6 Å². The summed E-state index contributed by atoms with van der Waals surface area (Å²) in [7, 11) is 0. The Bertz CT molecular complexity index is 997. The van der Waals surface area contributed by atoms with E-state index in [9.17, 15) is 9.18 Å². The fourth-order valence-corrected chi connectivity index (χ4v) is 2.86. The third-order valence-corrected chi connectivity index (χ3v) is 4.21. The van der Waals surface area contributed by atoms with Crippen LogP contribution in [0.25, 0.3) is 11.3 Å². The van der Waals surface area contributed by atoms with Gasteiger partial charge in [0, 0.05) is 29.8 Å². The van der Waals surface area contributed by atoms with E-state index in [-0.39, 0.29) is 22.2 Å². The van der Waals surface area contributed by atoms with Gasteiger partial charge in [0.15, 0.2) is 5.69 Å². The van der Waals surface area contributed by atoms with Crippen molar-refractivity contribution in [3.63, 3.8) is 0 Å². The molecule has 1 amide bonds. The Morgan fingerprint density at radius 1 is 1.54 bits per heavy atom. The molecule has 1 aromatic carbocycles. The van der Waals surface area contributed by atoms with Crippen molar-refractivity contribution in [2.75, 3.05) is 0 Å². The molecule has 0 saturated heterocycles. The first-order valence-electron chi connectivity index (χ1n) is 7.57. The van der Waals surface area contributed by atoms with Crippen LogP contribution in [0.4, 0.5) is 4.39 Å². The largest absolute Gasteiger partial charge is 0.364 e. The van der Waals surface area contributed by atoms with Crippen LogP contribution in [0.15, 0.2) is 35.2 Å². The van der Waals surface area contributed by atoms with Gasteiger partial charge in [0.05, 0.1) is 10.7 Å². The smallest absolute Gasteiger partial charge is 0.271 e. The molecular formula is C17H13ClFN5O2. The van der Waals surface area contributed by atoms with Crippen LogP contribution in [0.3, 0.4) is 0 Å². The van der Waals surface area contributed by atoms with Crippen molar-refractivity contribution in [3.05, 3.63) is 58.3 Å². The Morgan fingerprint density at radius 2 is 2.31 bits per heavy atom. The zero-order chi connectivity index (χ0) is 18.8. The lowest BCUT2D eigenvalue weighted by atomic mass is 10.0.